The van der Waals surface area contributed by atoms with Crippen molar-refractivity contribution in [3.8, 4) is 0 Å². The molecule has 5 nitrogen and oxygen atoms in total. The minimum absolute atomic E-state index is 0.0129. The van der Waals surface area contributed by atoms with Crippen LogP contribution in [0.2, 0.25) is 0 Å². The van der Waals surface area contributed by atoms with E-state index in [1.165, 1.54) is 19.3 Å². The Morgan fingerprint density at radius 3 is 2.81 bits per heavy atom. The number of nitrogens with one attached hydrogen (secondary N) is 2. The summed E-state index contributed by atoms with van der Waals surface area (Å²) in [6, 6.07) is 12.0. The van der Waals surface area contributed by atoms with Gasteiger partial charge in [0.15, 0.2) is 0 Å². The number of carbonyl (C=O) groups is 1. The summed E-state index contributed by atoms with van der Waals surface area (Å²) in [5.74, 6) is 1.73. The van der Waals surface area contributed by atoms with Crippen molar-refractivity contribution in [3.63, 3.8) is 0 Å². The van der Waals surface area contributed by atoms with Gasteiger partial charge in [-0.2, -0.15) is 0 Å². The lowest BCUT2D eigenvalue weighted by Crippen LogP contribution is -2.32. The van der Waals surface area contributed by atoms with Crippen LogP contribution in [0.3, 0.4) is 0 Å². The molecule has 1 aromatic heterocycles. The summed E-state index contributed by atoms with van der Waals surface area (Å²) in [6.07, 6.45) is 6.14. The van der Waals surface area contributed by atoms with Gasteiger partial charge in [-0.25, -0.2) is 0 Å². The van der Waals surface area contributed by atoms with Gasteiger partial charge in [0.25, 0.3) is 0 Å². The van der Waals surface area contributed by atoms with Crippen LogP contribution in [0.4, 0.5) is 0 Å². The molecular formula is C22H26N4O. The van der Waals surface area contributed by atoms with Crippen molar-refractivity contribution in [2.75, 3.05) is 6.54 Å². The predicted molar refractivity (Wildman–Crippen MR) is 107 cm³/mol. The lowest BCUT2D eigenvalue weighted by Gasteiger charge is -2.25. The number of fused-ring (bicyclic) bond motifs is 1. The van der Waals surface area contributed by atoms with E-state index in [0.717, 1.165) is 40.7 Å². The molecule has 2 aliphatic rings. The molecule has 1 aromatic carbocycles. The molecule has 0 bridgehead atoms. The second-order valence-electron chi connectivity index (χ2n) is 7.55. The number of benzene rings is 1. The van der Waals surface area contributed by atoms with Crippen molar-refractivity contribution in [2.24, 2.45) is 10.9 Å². The molecule has 2 N–H and O–H groups in total. The van der Waals surface area contributed by atoms with Crippen LogP contribution >= 0.6 is 0 Å². The third-order valence-corrected chi connectivity index (χ3v) is 5.51. The number of amidine groups is 1. The van der Waals surface area contributed by atoms with Gasteiger partial charge in [-0.1, -0.05) is 36.8 Å². The molecule has 4 rings (SSSR count). The number of aromatic nitrogens is 1. The van der Waals surface area contributed by atoms with E-state index in [1.54, 1.807) is 0 Å². The number of hydrogen-bond acceptors (Lipinski definition) is 4. The zero-order valence-corrected chi connectivity index (χ0v) is 15.7. The van der Waals surface area contributed by atoms with Gasteiger partial charge in [0.1, 0.15) is 5.84 Å². The Morgan fingerprint density at radius 1 is 1.26 bits per heavy atom. The van der Waals surface area contributed by atoms with Crippen molar-refractivity contribution < 1.29 is 4.79 Å². The molecule has 1 atom stereocenters. The number of pyridine rings is 1. The van der Waals surface area contributed by atoms with Crippen LogP contribution in [0.15, 0.2) is 47.6 Å². The van der Waals surface area contributed by atoms with Crippen molar-refractivity contribution in [1.29, 1.82) is 0 Å². The third kappa shape index (κ3) is 4.18. The first-order valence-electron chi connectivity index (χ1n) is 9.80. The van der Waals surface area contributed by atoms with E-state index >= 15 is 0 Å². The molecule has 0 spiro atoms. The minimum Gasteiger partial charge on any atom is -0.370 e. The van der Waals surface area contributed by atoms with Crippen molar-refractivity contribution in [2.45, 2.75) is 45.2 Å². The third-order valence-electron chi connectivity index (χ3n) is 5.51. The number of carbonyl (C=O) groups excluding carboxylic acids is 1. The highest BCUT2D eigenvalue weighted by Crippen LogP contribution is 2.26. The molecule has 140 valence electrons. The van der Waals surface area contributed by atoms with Crippen LogP contribution in [-0.4, -0.2) is 23.3 Å². The minimum atomic E-state index is -0.0150. The van der Waals surface area contributed by atoms with Gasteiger partial charge in [-0.3, -0.25) is 14.8 Å². The molecule has 1 fully saturated rings. The Hall–Kier alpha value is -2.69. The standard InChI is InChI=1S/C22H26N4O/c1-15(17-8-3-2-4-9-17)26-21(27)11-19-10-18-13-25-22(20(18)14-23-19)24-12-16-6-5-7-16/h2-4,8-10,14-16H,5-7,11-13H2,1H3,(H,24,25)(H,26,27)/t15-/m1/s1. The maximum Gasteiger partial charge on any atom is 0.226 e. The lowest BCUT2D eigenvalue weighted by molar-refractivity contribution is -0.121. The Balaban J connectivity index is 1.33. The van der Waals surface area contributed by atoms with Gasteiger partial charge in [0, 0.05) is 18.3 Å². The van der Waals surface area contributed by atoms with Gasteiger partial charge in [0.05, 0.1) is 24.7 Å². The van der Waals surface area contributed by atoms with E-state index in [-0.39, 0.29) is 18.4 Å². The highest BCUT2D eigenvalue weighted by Gasteiger charge is 2.21. The van der Waals surface area contributed by atoms with Gasteiger partial charge >= 0.3 is 0 Å². The first kappa shape index (κ1) is 17.7. The topological polar surface area (TPSA) is 66.4 Å². The van der Waals surface area contributed by atoms with Crippen LogP contribution in [0.5, 0.6) is 0 Å². The number of aliphatic imine (C=N–C) groups is 1. The maximum absolute atomic E-state index is 12.4. The fourth-order valence-electron chi connectivity index (χ4n) is 3.61. The summed E-state index contributed by atoms with van der Waals surface area (Å²) in [7, 11) is 0. The van der Waals surface area contributed by atoms with Gasteiger partial charge in [-0.15, -0.1) is 0 Å². The molecule has 2 aromatic rings. The second-order valence-corrected chi connectivity index (χ2v) is 7.55. The highest BCUT2D eigenvalue weighted by molar-refractivity contribution is 6.01. The van der Waals surface area contributed by atoms with Crippen molar-refractivity contribution in [1.82, 2.24) is 15.6 Å². The van der Waals surface area contributed by atoms with Gasteiger partial charge in [0.2, 0.25) is 5.91 Å². The fourth-order valence-corrected chi connectivity index (χ4v) is 3.61. The summed E-state index contributed by atoms with van der Waals surface area (Å²) in [5, 5.41) is 6.52. The first-order chi connectivity index (χ1) is 13.2. The van der Waals surface area contributed by atoms with Crippen LogP contribution in [0.1, 0.15) is 54.6 Å². The maximum atomic E-state index is 12.4. The number of amides is 1. The Labute approximate surface area is 160 Å². The average Bonchev–Trinajstić information content (AvgIpc) is 3.03. The average molecular weight is 362 g/mol. The van der Waals surface area contributed by atoms with E-state index in [9.17, 15) is 4.79 Å². The SMILES string of the molecule is C[C@@H](NC(=O)Cc1cc2c(cn1)C(NCC1CCC1)=NC2)c1ccccc1. The first-order valence-corrected chi connectivity index (χ1v) is 9.80. The number of nitrogens with zero attached hydrogens (tertiary/aromatic N) is 2. The monoisotopic (exact) mass is 362 g/mol. The Morgan fingerprint density at radius 2 is 2.07 bits per heavy atom. The largest absolute Gasteiger partial charge is 0.370 e. The summed E-state index contributed by atoms with van der Waals surface area (Å²) >= 11 is 0. The molecule has 2 heterocycles. The lowest BCUT2D eigenvalue weighted by atomic mass is 9.85. The quantitative estimate of drug-likeness (QED) is 0.830. The van der Waals surface area contributed by atoms with E-state index in [2.05, 4.69) is 20.6 Å². The van der Waals surface area contributed by atoms with Crippen LogP contribution in [-0.2, 0) is 17.8 Å². The second kappa shape index (κ2) is 7.91. The van der Waals surface area contributed by atoms with E-state index in [0.29, 0.717) is 6.54 Å². The van der Waals surface area contributed by atoms with Crippen LogP contribution in [0.25, 0.3) is 0 Å². The van der Waals surface area contributed by atoms with E-state index in [1.807, 2.05) is 49.5 Å². The van der Waals surface area contributed by atoms with Crippen LogP contribution in [0, 0.1) is 5.92 Å². The van der Waals surface area contributed by atoms with Crippen molar-refractivity contribution >= 4 is 11.7 Å². The Kier molecular flexibility index (Phi) is 5.19. The summed E-state index contributed by atoms with van der Waals surface area (Å²) in [4.78, 5) is 21.5. The number of rotatable bonds is 6. The van der Waals surface area contributed by atoms with E-state index < -0.39 is 0 Å². The smallest absolute Gasteiger partial charge is 0.226 e. The van der Waals surface area contributed by atoms with Crippen LogP contribution < -0.4 is 10.6 Å². The molecule has 0 unspecified atom stereocenters. The Bertz CT molecular complexity index is 843. The fraction of sp³-hybridized carbons (Fsp3) is 0.409. The molecule has 5 heteroatoms. The number of hydrogen-bond donors (Lipinski definition) is 2. The molecule has 0 radical (unpaired) electrons. The molecule has 1 amide bonds. The normalized spacial score (nSPS) is 16.9. The van der Waals surface area contributed by atoms with Crippen molar-refractivity contribution in [3.05, 3.63) is 65.0 Å². The van der Waals surface area contributed by atoms with Gasteiger partial charge in [-0.05, 0) is 42.9 Å². The summed E-state index contributed by atoms with van der Waals surface area (Å²) in [5.41, 5.74) is 4.13. The summed E-state index contributed by atoms with van der Waals surface area (Å²) in [6.45, 7) is 3.66. The zero-order chi connectivity index (χ0) is 18.6. The highest BCUT2D eigenvalue weighted by atomic mass is 16.1. The molecule has 0 saturated heterocycles. The molecule has 27 heavy (non-hydrogen) atoms. The van der Waals surface area contributed by atoms with E-state index in [4.69, 9.17) is 0 Å². The molecule has 1 saturated carbocycles. The van der Waals surface area contributed by atoms with Gasteiger partial charge < -0.3 is 10.6 Å². The molecular weight excluding hydrogens is 336 g/mol. The zero-order valence-electron chi connectivity index (χ0n) is 15.7. The molecule has 1 aliphatic carbocycles. The predicted octanol–water partition coefficient (Wildman–Crippen LogP) is 3.15. The molecule has 1 aliphatic heterocycles. The summed E-state index contributed by atoms with van der Waals surface area (Å²) < 4.78 is 0.